The summed E-state index contributed by atoms with van der Waals surface area (Å²) in [6.45, 7) is 0. The van der Waals surface area contributed by atoms with E-state index in [1.54, 1.807) is 0 Å². The molecule has 1 atom stereocenters. The van der Waals surface area contributed by atoms with Gasteiger partial charge in [0.15, 0.2) is 0 Å². The minimum atomic E-state index is -5.10. The van der Waals surface area contributed by atoms with Crippen LogP contribution in [0.15, 0.2) is 18.2 Å². The van der Waals surface area contributed by atoms with Crippen LogP contribution in [0.2, 0.25) is 0 Å². The molecule has 28 heavy (non-hydrogen) atoms. The number of halogens is 6. The number of carbonyl (C=O) groups is 2. The summed E-state index contributed by atoms with van der Waals surface area (Å²) in [4.78, 5) is 23.9. The number of hydrogen-bond donors (Lipinski definition) is 1. The highest BCUT2D eigenvalue weighted by molar-refractivity contribution is 5.97. The zero-order chi connectivity index (χ0) is 21.5. The van der Waals surface area contributed by atoms with Gasteiger partial charge in [-0.1, -0.05) is 0 Å². The van der Waals surface area contributed by atoms with E-state index in [-0.39, 0.29) is 31.0 Å². The van der Waals surface area contributed by atoms with Crippen LogP contribution in [0.4, 0.5) is 26.3 Å². The monoisotopic (exact) mass is 410 g/mol. The molecule has 1 rings (SSSR count). The van der Waals surface area contributed by atoms with Gasteiger partial charge < -0.3 is 10.1 Å². The number of esters is 1. The SMILES string of the molecule is COC(=O)[C@@H](CCCCC#N)NC(=O)c1cc(C(F)(F)F)cc(C(F)(F)F)c1. The van der Waals surface area contributed by atoms with Gasteiger partial charge in [-0.05, 0) is 37.5 Å². The van der Waals surface area contributed by atoms with Crippen LogP contribution in [0.1, 0.15) is 47.2 Å². The molecule has 0 heterocycles. The molecule has 154 valence electrons. The summed E-state index contributed by atoms with van der Waals surface area (Å²) in [6, 6.07) is 1.04. The molecule has 0 aliphatic carbocycles. The number of nitrogens with one attached hydrogen (secondary N) is 1. The Labute approximate surface area is 156 Å². The van der Waals surface area contributed by atoms with Crippen LogP contribution >= 0.6 is 0 Å². The summed E-state index contributed by atoms with van der Waals surface area (Å²) >= 11 is 0. The second-order valence-corrected chi connectivity index (χ2v) is 5.75. The molecule has 0 radical (unpaired) electrons. The van der Waals surface area contributed by atoms with Gasteiger partial charge in [-0.3, -0.25) is 4.79 Å². The number of methoxy groups -OCH3 is 1. The number of nitrogens with zero attached hydrogens (tertiary/aromatic N) is 1. The molecule has 1 aromatic rings. The topological polar surface area (TPSA) is 79.2 Å². The van der Waals surface area contributed by atoms with Crippen molar-refractivity contribution in [1.29, 1.82) is 5.26 Å². The van der Waals surface area contributed by atoms with E-state index in [1.807, 2.05) is 6.07 Å². The van der Waals surface area contributed by atoms with Crippen LogP contribution in [0, 0.1) is 11.3 Å². The second-order valence-electron chi connectivity index (χ2n) is 5.75. The quantitative estimate of drug-likeness (QED) is 0.417. The number of carbonyl (C=O) groups excluding carboxylic acids is 2. The molecule has 0 fully saturated rings. The third kappa shape index (κ3) is 6.75. The number of ether oxygens (including phenoxy) is 1. The maximum atomic E-state index is 12.9. The van der Waals surface area contributed by atoms with Crippen LogP contribution in [0.5, 0.6) is 0 Å². The number of hydrogen-bond acceptors (Lipinski definition) is 4. The molecule has 1 N–H and O–H groups in total. The third-order valence-corrected chi connectivity index (χ3v) is 3.67. The molecule has 0 aliphatic rings. The van der Waals surface area contributed by atoms with Crippen molar-refractivity contribution in [3.8, 4) is 6.07 Å². The van der Waals surface area contributed by atoms with E-state index >= 15 is 0 Å². The van der Waals surface area contributed by atoms with Crippen LogP contribution in [-0.4, -0.2) is 25.0 Å². The van der Waals surface area contributed by atoms with Gasteiger partial charge in [-0.15, -0.1) is 0 Å². The minimum absolute atomic E-state index is 0.00514. The van der Waals surface area contributed by atoms with Gasteiger partial charge in [0, 0.05) is 12.0 Å². The molecule has 0 bridgehead atoms. The summed E-state index contributed by atoms with van der Waals surface area (Å²) in [7, 11) is 1.02. The fourth-order valence-corrected chi connectivity index (χ4v) is 2.27. The predicted molar refractivity (Wildman–Crippen MR) is 83.8 cm³/mol. The molecule has 0 aliphatic heterocycles. The predicted octanol–water partition coefficient (Wildman–Crippen LogP) is 4.08. The Bertz CT molecular complexity index is 720. The molecule has 0 saturated heterocycles. The van der Waals surface area contributed by atoms with Gasteiger partial charge in [-0.25, -0.2) is 4.79 Å². The van der Waals surface area contributed by atoms with Gasteiger partial charge in [0.05, 0.1) is 24.3 Å². The Hall–Kier alpha value is -2.77. The van der Waals surface area contributed by atoms with E-state index in [2.05, 4.69) is 10.1 Å². The smallest absolute Gasteiger partial charge is 0.416 e. The summed E-state index contributed by atoms with van der Waals surface area (Å²) in [5, 5.41) is 10.6. The van der Waals surface area contributed by atoms with Crippen molar-refractivity contribution in [2.24, 2.45) is 0 Å². The van der Waals surface area contributed by atoms with Gasteiger partial charge in [0.25, 0.3) is 5.91 Å². The van der Waals surface area contributed by atoms with Crippen LogP contribution in [-0.2, 0) is 21.9 Å². The maximum absolute atomic E-state index is 12.9. The fraction of sp³-hybridized carbons (Fsp3) is 0.471. The highest BCUT2D eigenvalue weighted by Gasteiger charge is 2.37. The zero-order valence-electron chi connectivity index (χ0n) is 14.6. The summed E-state index contributed by atoms with van der Waals surface area (Å²) in [5.74, 6) is -2.19. The molecule has 0 aromatic heterocycles. The Balaban J connectivity index is 3.13. The van der Waals surface area contributed by atoms with Crippen LogP contribution in [0.3, 0.4) is 0 Å². The number of nitriles is 1. The Morgan fingerprint density at radius 1 is 1.07 bits per heavy atom. The Morgan fingerprint density at radius 3 is 2.04 bits per heavy atom. The van der Waals surface area contributed by atoms with Crippen molar-refractivity contribution in [1.82, 2.24) is 5.32 Å². The van der Waals surface area contributed by atoms with Crippen molar-refractivity contribution in [2.75, 3.05) is 7.11 Å². The molecule has 1 amide bonds. The number of rotatable bonds is 7. The maximum Gasteiger partial charge on any atom is 0.416 e. The van der Waals surface area contributed by atoms with Gasteiger partial charge >= 0.3 is 18.3 Å². The molecule has 1 aromatic carbocycles. The first-order chi connectivity index (χ1) is 12.9. The molecule has 0 spiro atoms. The van der Waals surface area contributed by atoms with E-state index in [4.69, 9.17) is 5.26 Å². The van der Waals surface area contributed by atoms with Crippen molar-refractivity contribution in [3.63, 3.8) is 0 Å². The van der Waals surface area contributed by atoms with Crippen molar-refractivity contribution >= 4 is 11.9 Å². The van der Waals surface area contributed by atoms with Crippen molar-refractivity contribution < 1.29 is 40.7 Å². The first-order valence-corrected chi connectivity index (χ1v) is 7.95. The molecule has 0 saturated carbocycles. The lowest BCUT2D eigenvalue weighted by Crippen LogP contribution is -2.41. The second kappa shape index (κ2) is 9.43. The first kappa shape index (κ1) is 23.3. The van der Waals surface area contributed by atoms with Crippen LogP contribution in [0.25, 0.3) is 0 Å². The largest absolute Gasteiger partial charge is 0.467 e. The standard InChI is InChI=1S/C17H16F6N2O3/c1-28-15(27)13(5-3-2-4-6-24)25-14(26)10-7-11(16(18,19)20)9-12(8-10)17(21,22)23/h7-9,13H,2-5H2,1H3,(H,25,26)/t13-/m1/s1. The normalized spacial score (nSPS) is 12.8. The van der Waals surface area contributed by atoms with Gasteiger partial charge in [0.2, 0.25) is 0 Å². The average molecular weight is 410 g/mol. The number of alkyl halides is 6. The van der Waals surface area contributed by atoms with Crippen molar-refractivity contribution in [3.05, 3.63) is 34.9 Å². The summed E-state index contributed by atoms with van der Waals surface area (Å²) in [6.07, 6.45) is -9.31. The minimum Gasteiger partial charge on any atom is -0.467 e. The molecule has 5 nitrogen and oxygen atoms in total. The average Bonchev–Trinajstić information content (AvgIpc) is 2.61. The number of unbranched alkanes of at least 4 members (excludes halogenated alkanes) is 2. The lowest BCUT2D eigenvalue weighted by Gasteiger charge is -2.18. The first-order valence-electron chi connectivity index (χ1n) is 7.95. The van der Waals surface area contributed by atoms with E-state index in [9.17, 15) is 35.9 Å². The lowest BCUT2D eigenvalue weighted by atomic mass is 10.0. The van der Waals surface area contributed by atoms with Gasteiger partial charge in [-0.2, -0.15) is 31.6 Å². The lowest BCUT2D eigenvalue weighted by molar-refractivity contribution is -0.144. The van der Waals surface area contributed by atoms with E-state index in [0.29, 0.717) is 12.8 Å². The molecule has 11 heteroatoms. The number of amides is 1. The highest BCUT2D eigenvalue weighted by Crippen LogP contribution is 2.36. The van der Waals surface area contributed by atoms with Gasteiger partial charge in [0.1, 0.15) is 6.04 Å². The summed E-state index contributed by atoms with van der Waals surface area (Å²) < 4.78 is 81.8. The molecular weight excluding hydrogens is 394 g/mol. The fourth-order valence-electron chi connectivity index (χ4n) is 2.27. The van der Waals surface area contributed by atoms with Crippen molar-refractivity contribution in [2.45, 2.75) is 44.1 Å². The van der Waals surface area contributed by atoms with E-state index < -0.39 is 47.0 Å². The number of benzene rings is 1. The zero-order valence-corrected chi connectivity index (χ0v) is 14.6. The summed E-state index contributed by atoms with van der Waals surface area (Å²) in [5.41, 5.74) is -4.18. The Kier molecular flexibility index (Phi) is 7.84. The Morgan fingerprint density at radius 2 is 1.61 bits per heavy atom. The highest BCUT2D eigenvalue weighted by atomic mass is 19.4. The third-order valence-electron chi connectivity index (χ3n) is 3.67. The van der Waals surface area contributed by atoms with Crippen LogP contribution < -0.4 is 5.32 Å². The van der Waals surface area contributed by atoms with E-state index in [1.165, 1.54) is 0 Å². The van der Waals surface area contributed by atoms with E-state index in [0.717, 1.165) is 7.11 Å². The molecular formula is C17H16F6N2O3. The molecule has 0 unspecified atom stereocenters.